The van der Waals surface area contributed by atoms with Crippen LogP contribution in [-0.2, 0) is 38.0 Å². The van der Waals surface area contributed by atoms with E-state index in [1.807, 2.05) is 48.6 Å². The Morgan fingerprint density at radius 1 is 0.958 bits per heavy atom. The molecule has 0 aromatic heterocycles. The molecule has 2 bridgehead atoms. The van der Waals surface area contributed by atoms with Gasteiger partial charge in [-0.1, -0.05) is 20.8 Å². The highest BCUT2D eigenvalue weighted by Gasteiger charge is 2.55. The molecule has 4 rings (SSSR count). The highest BCUT2D eigenvalue weighted by atomic mass is 16.7. The molecule has 0 radical (unpaired) electrons. The van der Waals surface area contributed by atoms with Gasteiger partial charge in [-0.15, -0.1) is 0 Å². The maximum Gasteiger partial charge on any atom is 0.311 e. The number of rotatable bonds is 7. The molecule has 16 atom stereocenters. The van der Waals surface area contributed by atoms with E-state index in [-0.39, 0.29) is 25.0 Å². The van der Waals surface area contributed by atoms with Crippen molar-refractivity contribution in [3.8, 4) is 0 Å². The van der Waals surface area contributed by atoms with Gasteiger partial charge in [-0.25, -0.2) is 0 Å². The third-order valence-corrected chi connectivity index (χ3v) is 11.6. The van der Waals surface area contributed by atoms with Crippen molar-refractivity contribution in [3.63, 3.8) is 0 Å². The quantitative estimate of drug-likeness (QED) is 0.290. The Kier molecular flexibility index (Phi) is 12.4. The molecule has 3 fully saturated rings. The molecule has 4 aliphatic heterocycles. The zero-order chi connectivity index (χ0) is 35.9. The molecular formula is C36H63NO11. The number of fused-ring (bicyclic) bond motifs is 2. The van der Waals surface area contributed by atoms with Crippen molar-refractivity contribution < 1.29 is 53.3 Å². The number of methoxy groups -OCH3 is 1. The minimum atomic E-state index is -1.78. The van der Waals surface area contributed by atoms with Gasteiger partial charge in [0.2, 0.25) is 0 Å². The van der Waals surface area contributed by atoms with Gasteiger partial charge in [-0.05, 0) is 73.9 Å². The van der Waals surface area contributed by atoms with Crippen LogP contribution in [0.1, 0.15) is 101 Å². The zero-order valence-electron chi connectivity index (χ0n) is 31.1. The molecule has 0 aromatic carbocycles. The largest absolute Gasteiger partial charge is 0.489 e. The highest BCUT2D eigenvalue weighted by molar-refractivity contribution is 5.73. The summed E-state index contributed by atoms with van der Waals surface area (Å²) >= 11 is 0. The first-order chi connectivity index (χ1) is 22.3. The van der Waals surface area contributed by atoms with E-state index in [0.717, 1.165) is 12.0 Å². The minimum absolute atomic E-state index is 0.0430. The van der Waals surface area contributed by atoms with Crippen molar-refractivity contribution in [2.24, 2.45) is 17.8 Å². The molecule has 0 spiro atoms. The van der Waals surface area contributed by atoms with Crippen LogP contribution in [0.25, 0.3) is 0 Å². The SMILES string of the molecule is CC[C@H]1OC(=O)[C@H](C)[C@@H](OC2CC(C)(OC)C(O)C(C)O2)[C@H](C)[C@@H](OC2CC(NC)CC(C)O2)[C@@]2(C)CC(C)=C(O2)[C@H](C)[C@@H](O)[C@]1(C)O. The Balaban J connectivity index is 1.81. The van der Waals surface area contributed by atoms with Crippen molar-refractivity contribution in [1.82, 2.24) is 5.32 Å². The highest BCUT2D eigenvalue weighted by Crippen LogP contribution is 2.47. The summed E-state index contributed by atoms with van der Waals surface area (Å²) in [6.07, 6.45) is -4.26. The predicted octanol–water partition coefficient (Wildman–Crippen LogP) is 3.58. The molecule has 278 valence electrons. The van der Waals surface area contributed by atoms with Gasteiger partial charge in [0.1, 0.15) is 35.3 Å². The lowest BCUT2D eigenvalue weighted by atomic mass is 9.78. The van der Waals surface area contributed by atoms with Crippen molar-refractivity contribution in [1.29, 1.82) is 0 Å². The Morgan fingerprint density at radius 3 is 2.23 bits per heavy atom. The van der Waals surface area contributed by atoms with Crippen molar-refractivity contribution in [2.75, 3.05) is 14.2 Å². The van der Waals surface area contributed by atoms with Crippen molar-refractivity contribution in [3.05, 3.63) is 11.3 Å². The number of esters is 1. The van der Waals surface area contributed by atoms with Gasteiger partial charge in [-0.2, -0.15) is 0 Å². The Hall–Kier alpha value is -1.35. The van der Waals surface area contributed by atoms with E-state index in [1.165, 1.54) is 6.92 Å². The lowest BCUT2D eigenvalue weighted by Gasteiger charge is -2.48. The van der Waals surface area contributed by atoms with Gasteiger partial charge in [0, 0.05) is 44.2 Å². The Morgan fingerprint density at radius 2 is 1.62 bits per heavy atom. The maximum absolute atomic E-state index is 14.1. The molecule has 12 nitrogen and oxygen atoms in total. The molecular weight excluding hydrogens is 622 g/mol. The number of nitrogens with one attached hydrogen (secondary N) is 1. The van der Waals surface area contributed by atoms with Gasteiger partial charge in [-0.3, -0.25) is 4.79 Å². The van der Waals surface area contributed by atoms with E-state index in [4.69, 9.17) is 33.2 Å². The summed E-state index contributed by atoms with van der Waals surface area (Å²) < 4.78 is 44.8. The van der Waals surface area contributed by atoms with E-state index in [9.17, 15) is 20.1 Å². The number of carbonyl (C=O) groups is 1. The van der Waals surface area contributed by atoms with Crippen LogP contribution in [0.15, 0.2) is 11.3 Å². The van der Waals surface area contributed by atoms with Crippen molar-refractivity contribution in [2.45, 2.75) is 179 Å². The first kappa shape index (κ1) is 39.4. The average molecular weight is 686 g/mol. The molecule has 0 saturated carbocycles. The van der Waals surface area contributed by atoms with E-state index in [2.05, 4.69) is 5.32 Å². The second-order valence-corrected chi connectivity index (χ2v) is 15.6. The number of hydrogen-bond acceptors (Lipinski definition) is 12. The molecule has 4 aliphatic rings. The summed E-state index contributed by atoms with van der Waals surface area (Å²) in [6, 6.07) is 0.191. The van der Waals surface area contributed by atoms with Crippen LogP contribution in [0.3, 0.4) is 0 Å². The summed E-state index contributed by atoms with van der Waals surface area (Å²) in [5.74, 6) is -1.96. The van der Waals surface area contributed by atoms with Crippen LogP contribution < -0.4 is 5.32 Å². The summed E-state index contributed by atoms with van der Waals surface area (Å²) in [5, 5.41) is 37.6. The summed E-state index contributed by atoms with van der Waals surface area (Å²) in [4.78, 5) is 14.1. The van der Waals surface area contributed by atoms with Crippen LogP contribution in [-0.4, -0.2) is 114 Å². The van der Waals surface area contributed by atoms with Crippen LogP contribution in [0, 0.1) is 17.8 Å². The molecule has 7 unspecified atom stereocenters. The van der Waals surface area contributed by atoms with Gasteiger partial charge in [0.25, 0.3) is 0 Å². The van der Waals surface area contributed by atoms with E-state index in [1.54, 1.807) is 27.9 Å². The fraction of sp³-hybridized carbons (Fsp3) is 0.917. The van der Waals surface area contributed by atoms with Gasteiger partial charge >= 0.3 is 5.97 Å². The first-order valence-corrected chi connectivity index (χ1v) is 17.8. The maximum atomic E-state index is 14.1. The topological polar surface area (TPSA) is 154 Å². The number of ether oxygens (including phenoxy) is 7. The normalized spacial score (nSPS) is 49.4. The summed E-state index contributed by atoms with van der Waals surface area (Å²) in [6.45, 7) is 18.4. The molecule has 0 amide bonds. The number of aliphatic hydroxyl groups excluding tert-OH is 2. The third-order valence-electron chi connectivity index (χ3n) is 11.6. The van der Waals surface area contributed by atoms with Crippen LogP contribution in [0.4, 0.5) is 0 Å². The minimum Gasteiger partial charge on any atom is -0.489 e. The summed E-state index contributed by atoms with van der Waals surface area (Å²) in [7, 11) is 3.48. The smallest absolute Gasteiger partial charge is 0.311 e. The molecule has 48 heavy (non-hydrogen) atoms. The fourth-order valence-corrected chi connectivity index (χ4v) is 8.52. The molecule has 0 aliphatic carbocycles. The van der Waals surface area contributed by atoms with Crippen LogP contribution >= 0.6 is 0 Å². The summed E-state index contributed by atoms with van der Waals surface area (Å²) in [5.41, 5.74) is -2.73. The molecule has 0 aromatic rings. The van der Waals surface area contributed by atoms with E-state index in [0.29, 0.717) is 18.6 Å². The Bertz CT molecular complexity index is 1150. The third kappa shape index (κ3) is 7.77. The van der Waals surface area contributed by atoms with Crippen LogP contribution in [0.2, 0.25) is 0 Å². The van der Waals surface area contributed by atoms with Gasteiger partial charge < -0.3 is 53.8 Å². The zero-order valence-corrected chi connectivity index (χ0v) is 31.1. The van der Waals surface area contributed by atoms with E-state index < -0.39 is 89.7 Å². The number of aliphatic hydroxyl groups is 3. The average Bonchev–Trinajstić information content (AvgIpc) is 3.35. The molecule has 4 heterocycles. The molecule has 12 heteroatoms. The van der Waals surface area contributed by atoms with E-state index >= 15 is 0 Å². The van der Waals surface area contributed by atoms with Crippen LogP contribution in [0.5, 0.6) is 0 Å². The lowest BCUT2D eigenvalue weighted by Crippen LogP contribution is -2.58. The standard InChI is InChI=1S/C36H63NO11/c1-13-25-36(10,41)30(38)20(4)28-18(2)16-35(9,48-28)32(47-26-15-24(37-11)14-19(3)43-26)21(5)29(22(6)33(40)45-25)46-27-17-34(8,42-12)31(39)23(7)44-27/h19-27,29-32,37-39,41H,13-17H2,1-12H3/t19?,20-,21-,22+,23?,24?,25+,26?,27?,29-,30+,31?,32+,34?,35+,36+/m0/s1. The Labute approximate surface area is 287 Å². The number of cyclic esters (lactones) is 1. The molecule has 4 N–H and O–H groups in total. The monoisotopic (exact) mass is 685 g/mol. The number of carbonyl (C=O) groups excluding carboxylic acids is 1. The predicted molar refractivity (Wildman–Crippen MR) is 178 cm³/mol. The first-order valence-electron chi connectivity index (χ1n) is 17.8. The second kappa shape index (κ2) is 15.1. The van der Waals surface area contributed by atoms with Gasteiger partial charge in [0.05, 0.1) is 35.9 Å². The molecule has 3 saturated heterocycles. The second-order valence-electron chi connectivity index (χ2n) is 15.6. The fourth-order valence-electron chi connectivity index (χ4n) is 8.52. The lowest BCUT2D eigenvalue weighted by molar-refractivity contribution is -0.307. The van der Waals surface area contributed by atoms with Gasteiger partial charge in [0.15, 0.2) is 12.6 Å². The van der Waals surface area contributed by atoms with Crippen molar-refractivity contribution >= 4 is 5.97 Å². The number of hydrogen-bond donors (Lipinski definition) is 4.